The van der Waals surface area contributed by atoms with E-state index in [2.05, 4.69) is 0 Å². The van der Waals surface area contributed by atoms with Crippen LogP contribution in [0.3, 0.4) is 0 Å². The Balaban J connectivity index is 2.66. The molecule has 152 valence electrons. The van der Waals surface area contributed by atoms with Gasteiger partial charge in [-0.2, -0.15) is 0 Å². The monoisotopic (exact) mass is 398 g/mol. The third kappa shape index (κ3) is 8.65. The molecule has 27 heavy (non-hydrogen) atoms. The standard InChI is InChI=1S/C21H31ClO5/c1-13(2)19(26-17-10-8-16(22)9-11-17)15(4)25-20(24)14(3)12-18(23)27-21(5,6)7/h8-11,13-15,19H,12H2,1-7H3/t14-,15+,19-/m1/s1. The highest BCUT2D eigenvalue weighted by Crippen LogP contribution is 2.23. The maximum atomic E-state index is 12.4. The molecule has 0 saturated heterocycles. The first-order valence-corrected chi connectivity index (χ1v) is 9.61. The largest absolute Gasteiger partial charge is 0.486 e. The summed E-state index contributed by atoms with van der Waals surface area (Å²) >= 11 is 5.90. The zero-order valence-corrected chi connectivity index (χ0v) is 18.0. The molecule has 1 aromatic carbocycles. The Morgan fingerprint density at radius 3 is 2.07 bits per heavy atom. The summed E-state index contributed by atoms with van der Waals surface area (Å²) in [6.07, 6.45) is -0.828. The normalized spacial score (nSPS) is 15.0. The fourth-order valence-corrected chi connectivity index (χ4v) is 2.65. The van der Waals surface area contributed by atoms with Crippen molar-refractivity contribution in [2.75, 3.05) is 0 Å². The first kappa shape index (κ1) is 23.3. The SMILES string of the molecule is CC(C)[C@@H](Oc1ccc(Cl)cc1)[C@H](C)OC(=O)[C@H](C)CC(=O)OC(C)(C)C. The van der Waals surface area contributed by atoms with Gasteiger partial charge in [0, 0.05) is 5.02 Å². The molecule has 0 radical (unpaired) electrons. The maximum absolute atomic E-state index is 12.4. The molecule has 3 atom stereocenters. The second-order valence-electron chi connectivity index (χ2n) is 8.11. The second-order valence-corrected chi connectivity index (χ2v) is 8.55. The van der Waals surface area contributed by atoms with E-state index < -0.39 is 29.6 Å². The molecular formula is C21H31ClO5. The average Bonchev–Trinajstić information content (AvgIpc) is 2.51. The van der Waals surface area contributed by atoms with E-state index in [1.807, 2.05) is 13.8 Å². The summed E-state index contributed by atoms with van der Waals surface area (Å²) in [5.74, 6) is -0.686. The molecule has 0 spiro atoms. The van der Waals surface area contributed by atoms with E-state index in [1.54, 1.807) is 58.9 Å². The lowest BCUT2D eigenvalue weighted by atomic mass is 10.0. The van der Waals surface area contributed by atoms with Gasteiger partial charge in [-0.05, 0) is 57.9 Å². The Morgan fingerprint density at radius 2 is 1.59 bits per heavy atom. The van der Waals surface area contributed by atoms with E-state index in [0.29, 0.717) is 10.8 Å². The van der Waals surface area contributed by atoms with Crippen LogP contribution < -0.4 is 4.74 Å². The summed E-state index contributed by atoms with van der Waals surface area (Å²) < 4.78 is 16.8. The van der Waals surface area contributed by atoms with Gasteiger partial charge in [-0.3, -0.25) is 9.59 Å². The Labute approximate surface area is 167 Å². The van der Waals surface area contributed by atoms with Crippen LogP contribution in [0.2, 0.25) is 5.02 Å². The average molecular weight is 399 g/mol. The lowest BCUT2D eigenvalue weighted by Gasteiger charge is -2.29. The zero-order valence-electron chi connectivity index (χ0n) is 17.2. The number of carbonyl (C=O) groups excluding carboxylic acids is 2. The summed E-state index contributed by atoms with van der Waals surface area (Å²) in [4.78, 5) is 24.3. The smallest absolute Gasteiger partial charge is 0.309 e. The van der Waals surface area contributed by atoms with Gasteiger partial charge in [-0.1, -0.05) is 32.4 Å². The number of rotatable bonds is 8. The molecule has 0 bridgehead atoms. The number of carbonyl (C=O) groups is 2. The van der Waals surface area contributed by atoms with Crippen molar-refractivity contribution in [3.8, 4) is 5.75 Å². The summed E-state index contributed by atoms with van der Waals surface area (Å²) in [5, 5.41) is 0.624. The molecule has 0 aliphatic rings. The molecule has 0 aliphatic heterocycles. The molecule has 0 amide bonds. The Bertz CT molecular complexity index is 618. The summed E-state index contributed by atoms with van der Waals surface area (Å²) in [6, 6.07) is 7.04. The van der Waals surface area contributed by atoms with Crippen LogP contribution >= 0.6 is 11.6 Å². The molecule has 6 heteroatoms. The first-order valence-electron chi connectivity index (χ1n) is 9.23. The van der Waals surface area contributed by atoms with Crippen LogP contribution in [0.5, 0.6) is 5.75 Å². The lowest BCUT2D eigenvalue weighted by Crippen LogP contribution is -2.39. The van der Waals surface area contributed by atoms with Gasteiger partial charge in [-0.15, -0.1) is 0 Å². The predicted octanol–water partition coefficient (Wildman–Crippen LogP) is 5.04. The Hall–Kier alpha value is -1.75. The molecule has 0 N–H and O–H groups in total. The van der Waals surface area contributed by atoms with E-state index in [9.17, 15) is 9.59 Å². The third-order valence-electron chi connectivity index (χ3n) is 3.80. The summed E-state index contributed by atoms with van der Waals surface area (Å²) in [6.45, 7) is 12.8. The number of esters is 2. The number of benzene rings is 1. The summed E-state index contributed by atoms with van der Waals surface area (Å²) in [5.41, 5.74) is -0.580. The van der Waals surface area contributed by atoms with E-state index in [-0.39, 0.29) is 18.4 Å². The minimum Gasteiger partial charge on any atom is -0.486 e. The predicted molar refractivity (Wildman–Crippen MR) is 106 cm³/mol. The quantitative estimate of drug-likeness (QED) is 0.574. The van der Waals surface area contributed by atoms with Crippen LogP contribution in [-0.4, -0.2) is 29.7 Å². The van der Waals surface area contributed by atoms with Gasteiger partial charge in [0.2, 0.25) is 0 Å². The molecule has 0 unspecified atom stereocenters. The van der Waals surface area contributed by atoms with Gasteiger partial charge >= 0.3 is 11.9 Å². The molecule has 0 saturated carbocycles. The van der Waals surface area contributed by atoms with E-state index in [1.165, 1.54) is 0 Å². The van der Waals surface area contributed by atoms with Crippen molar-refractivity contribution >= 4 is 23.5 Å². The lowest BCUT2D eigenvalue weighted by molar-refractivity contribution is -0.165. The van der Waals surface area contributed by atoms with Crippen molar-refractivity contribution in [2.45, 2.75) is 72.7 Å². The van der Waals surface area contributed by atoms with Crippen LogP contribution in [-0.2, 0) is 19.1 Å². The number of halogens is 1. The van der Waals surface area contributed by atoms with Crippen LogP contribution in [0, 0.1) is 11.8 Å². The molecule has 0 aromatic heterocycles. The molecular weight excluding hydrogens is 368 g/mol. The fraction of sp³-hybridized carbons (Fsp3) is 0.619. The van der Waals surface area contributed by atoms with Crippen molar-refractivity contribution in [1.82, 2.24) is 0 Å². The second kappa shape index (κ2) is 9.98. The van der Waals surface area contributed by atoms with Crippen LogP contribution in [0.25, 0.3) is 0 Å². The van der Waals surface area contributed by atoms with Crippen molar-refractivity contribution in [2.24, 2.45) is 11.8 Å². The maximum Gasteiger partial charge on any atom is 0.309 e. The highest BCUT2D eigenvalue weighted by Gasteiger charge is 2.29. The number of hydrogen-bond donors (Lipinski definition) is 0. The Morgan fingerprint density at radius 1 is 1.04 bits per heavy atom. The topological polar surface area (TPSA) is 61.8 Å². The van der Waals surface area contributed by atoms with Crippen molar-refractivity contribution in [3.63, 3.8) is 0 Å². The van der Waals surface area contributed by atoms with Gasteiger partial charge in [0.25, 0.3) is 0 Å². The number of hydrogen-bond acceptors (Lipinski definition) is 5. The zero-order chi connectivity index (χ0) is 20.8. The van der Waals surface area contributed by atoms with Crippen LogP contribution in [0.4, 0.5) is 0 Å². The van der Waals surface area contributed by atoms with Crippen LogP contribution in [0.1, 0.15) is 54.9 Å². The van der Waals surface area contributed by atoms with E-state index in [0.717, 1.165) is 0 Å². The van der Waals surface area contributed by atoms with Crippen molar-refractivity contribution < 1.29 is 23.8 Å². The van der Waals surface area contributed by atoms with E-state index in [4.69, 9.17) is 25.8 Å². The van der Waals surface area contributed by atoms with Crippen LogP contribution in [0.15, 0.2) is 24.3 Å². The molecule has 5 nitrogen and oxygen atoms in total. The highest BCUT2D eigenvalue weighted by atomic mass is 35.5. The molecule has 0 fully saturated rings. The first-order chi connectivity index (χ1) is 12.4. The van der Waals surface area contributed by atoms with Gasteiger partial charge < -0.3 is 14.2 Å². The molecule has 0 aliphatic carbocycles. The van der Waals surface area contributed by atoms with Gasteiger partial charge in [0.05, 0.1) is 12.3 Å². The van der Waals surface area contributed by atoms with Gasteiger partial charge in [0.15, 0.2) is 0 Å². The Kier molecular flexibility index (Phi) is 8.60. The molecule has 1 aromatic rings. The number of ether oxygens (including phenoxy) is 3. The highest BCUT2D eigenvalue weighted by molar-refractivity contribution is 6.30. The minimum atomic E-state index is -0.592. The van der Waals surface area contributed by atoms with E-state index >= 15 is 0 Å². The van der Waals surface area contributed by atoms with Crippen molar-refractivity contribution in [3.05, 3.63) is 29.3 Å². The third-order valence-corrected chi connectivity index (χ3v) is 4.05. The molecule has 1 rings (SSSR count). The molecule has 0 heterocycles. The van der Waals surface area contributed by atoms with Gasteiger partial charge in [-0.25, -0.2) is 0 Å². The summed E-state index contributed by atoms with van der Waals surface area (Å²) in [7, 11) is 0. The van der Waals surface area contributed by atoms with Crippen molar-refractivity contribution in [1.29, 1.82) is 0 Å². The fourth-order valence-electron chi connectivity index (χ4n) is 2.53. The van der Waals surface area contributed by atoms with Gasteiger partial charge in [0.1, 0.15) is 23.6 Å². The minimum absolute atomic E-state index is 0.0206.